The lowest BCUT2D eigenvalue weighted by atomic mass is 10.1. The van der Waals surface area contributed by atoms with Gasteiger partial charge >= 0.3 is 6.61 Å². The van der Waals surface area contributed by atoms with Crippen molar-refractivity contribution in [3.63, 3.8) is 0 Å². The van der Waals surface area contributed by atoms with E-state index in [1.54, 1.807) is 12.1 Å². The third-order valence-corrected chi connectivity index (χ3v) is 4.13. The zero-order chi connectivity index (χ0) is 18.8. The summed E-state index contributed by atoms with van der Waals surface area (Å²) < 4.78 is 30.4. The highest BCUT2D eigenvalue weighted by atomic mass is 19.3. The van der Waals surface area contributed by atoms with E-state index in [-0.39, 0.29) is 11.7 Å². The van der Waals surface area contributed by atoms with Crippen LogP contribution in [0, 0.1) is 0 Å². The zero-order valence-corrected chi connectivity index (χ0v) is 14.0. The lowest BCUT2D eigenvalue weighted by molar-refractivity contribution is -0.0498. The van der Waals surface area contributed by atoms with E-state index in [0.717, 1.165) is 18.4 Å². The number of ether oxygens (including phenoxy) is 1. The van der Waals surface area contributed by atoms with Gasteiger partial charge in [-0.25, -0.2) is 4.68 Å². The van der Waals surface area contributed by atoms with Crippen molar-refractivity contribution in [2.45, 2.75) is 25.5 Å². The van der Waals surface area contributed by atoms with Gasteiger partial charge in [0.1, 0.15) is 5.75 Å². The summed E-state index contributed by atoms with van der Waals surface area (Å²) in [5, 5.41) is 14.6. The van der Waals surface area contributed by atoms with Crippen LogP contribution >= 0.6 is 0 Å². The van der Waals surface area contributed by atoms with E-state index < -0.39 is 6.61 Å². The van der Waals surface area contributed by atoms with Crippen LogP contribution in [0.5, 0.6) is 5.75 Å². The first-order valence-corrected chi connectivity index (χ1v) is 8.35. The second-order valence-electron chi connectivity index (χ2n) is 6.11. The van der Waals surface area contributed by atoms with Crippen molar-refractivity contribution in [3.8, 4) is 17.1 Å². The molecule has 0 saturated heterocycles. The zero-order valence-electron chi connectivity index (χ0n) is 14.0. The molecular formula is C18H15F2N5O2. The molecule has 0 spiro atoms. The molecule has 1 aliphatic rings. The Labute approximate surface area is 153 Å². The average molecular weight is 371 g/mol. The molecule has 2 aromatic carbocycles. The third kappa shape index (κ3) is 3.91. The van der Waals surface area contributed by atoms with Gasteiger partial charge in [-0.2, -0.15) is 8.78 Å². The van der Waals surface area contributed by atoms with Crippen LogP contribution in [0.1, 0.15) is 29.2 Å². The second-order valence-corrected chi connectivity index (χ2v) is 6.11. The summed E-state index contributed by atoms with van der Waals surface area (Å²) in [5.74, 6) is 0.346. The average Bonchev–Trinajstić information content (AvgIpc) is 3.39. The van der Waals surface area contributed by atoms with Crippen LogP contribution in [-0.2, 0) is 0 Å². The van der Waals surface area contributed by atoms with Crippen LogP contribution in [0.15, 0.2) is 48.5 Å². The van der Waals surface area contributed by atoms with Crippen LogP contribution in [0.4, 0.5) is 14.5 Å². The molecule has 1 heterocycles. The number of rotatable bonds is 6. The molecule has 27 heavy (non-hydrogen) atoms. The van der Waals surface area contributed by atoms with Crippen molar-refractivity contribution in [1.82, 2.24) is 20.2 Å². The molecule has 9 heteroatoms. The fourth-order valence-corrected chi connectivity index (χ4v) is 2.64. The molecule has 1 N–H and O–H groups in total. The van der Waals surface area contributed by atoms with Gasteiger partial charge in [0.2, 0.25) is 0 Å². The van der Waals surface area contributed by atoms with E-state index >= 15 is 0 Å². The Balaban J connectivity index is 1.43. The Hall–Kier alpha value is -3.36. The molecule has 0 aliphatic heterocycles. The number of tetrazole rings is 1. The molecule has 0 radical (unpaired) electrons. The number of alkyl halides is 2. The molecule has 3 aromatic rings. The van der Waals surface area contributed by atoms with Crippen LogP contribution in [-0.4, -0.2) is 32.7 Å². The minimum atomic E-state index is -2.90. The Bertz CT molecular complexity index is 937. The number of carbonyl (C=O) groups excluding carboxylic acids is 1. The van der Waals surface area contributed by atoms with E-state index in [2.05, 4.69) is 25.6 Å². The second kappa shape index (κ2) is 7.10. The molecule has 1 amide bonds. The van der Waals surface area contributed by atoms with Crippen molar-refractivity contribution in [3.05, 3.63) is 54.1 Å². The Morgan fingerprint density at radius 1 is 1.11 bits per heavy atom. The van der Waals surface area contributed by atoms with Gasteiger partial charge in [0.05, 0.1) is 6.04 Å². The predicted octanol–water partition coefficient (Wildman–Crippen LogP) is 3.53. The predicted molar refractivity (Wildman–Crippen MR) is 92.6 cm³/mol. The first-order chi connectivity index (χ1) is 13.1. The van der Waals surface area contributed by atoms with Crippen molar-refractivity contribution in [2.24, 2.45) is 0 Å². The summed E-state index contributed by atoms with van der Waals surface area (Å²) in [6.45, 7) is -2.90. The maximum atomic E-state index is 12.3. The first-order valence-electron chi connectivity index (χ1n) is 8.35. The van der Waals surface area contributed by atoms with Crippen molar-refractivity contribution in [1.29, 1.82) is 0 Å². The molecule has 4 rings (SSSR count). The standard InChI is InChI=1S/C18H15F2N5O2/c19-18(20)27-15-9-3-12(4-10-15)17(26)21-13-5-1-11(2-6-13)16-22-23-24-25(16)14-7-8-14/h1-6,9-10,14,18H,7-8H2,(H,21,26). The van der Waals surface area contributed by atoms with Crippen LogP contribution in [0.3, 0.4) is 0 Å². The van der Waals surface area contributed by atoms with Gasteiger partial charge in [-0.05, 0) is 71.8 Å². The van der Waals surface area contributed by atoms with Crippen LogP contribution < -0.4 is 10.1 Å². The van der Waals surface area contributed by atoms with Gasteiger partial charge < -0.3 is 10.1 Å². The highest BCUT2D eigenvalue weighted by molar-refractivity contribution is 6.04. The number of hydrogen-bond donors (Lipinski definition) is 1. The molecule has 1 aromatic heterocycles. The molecule has 0 unspecified atom stereocenters. The van der Waals surface area contributed by atoms with E-state index in [1.807, 2.05) is 16.8 Å². The van der Waals surface area contributed by atoms with Crippen molar-refractivity contribution < 1.29 is 18.3 Å². The molecule has 1 saturated carbocycles. The summed E-state index contributed by atoms with van der Waals surface area (Å²) in [7, 11) is 0. The summed E-state index contributed by atoms with van der Waals surface area (Å²) in [4.78, 5) is 12.3. The van der Waals surface area contributed by atoms with Gasteiger partial charge in [0.25, 0.3) is 5.91 Å². The normalized spacial score (nSPS) is 13.6. The first kappa shape index (κ1) is 17.1. The molecule has 138 valence electrons. The van der Waals surface area contributed by atoms with Gasteiger partial charge in [0, 0.05) is 16.8 Å². The molecule has 0 atom stereocenters. The summed E-state index contributed by atoms with van der Waals surface area (Å²) >= 11 is 0. The minimum absolute atomic E-state index is 0.000661. The monoisotopic (exact) mass is 371 g/mol. The molecule has 1 aliphatic carbocycles. The number of aromatic nitrogens is 4. The molecular weight excluding hydrogens is 356 g/mol. The Morgan fingerprint density at radius 2 is 1.81 bits per heavy atom. The fraction of sp³-hybridized carbons (Fsp3) is 0.222. The number of nitrogens with one attached hydrogen (secondary N) is 1. The number of benzene rings is 2. The highest BCUT2D eigenvalue weighted by Gasteiger charge is 2.28. The van der Waals surface area contributed by atoms with Gasteiger partial charge in [-0.15, -0.1) is 5.10 Å². The number of anilines is 1. The summed E-state index contributed by atoms with van der Waals surface area (Å²) in [6, 6.07) is 13.0. The van der Waals surface area contributed by atoms with Crippen molar-refractivity contribution >= 4 is 11.6 Å². The van der Waals surface area contributed by atoms with Gasteiger partial charge in [0.15, 0.2) is 5.82 Å². The number of nitrogens with zero attached hydrogens (tertiary/aromatic N) is 4. The van der Waals surface area contributed by atoms with Crippen molar-refractivity contribution in [2.75, 3.05) is 5.32 Å². The largest absolute Gasteiger partial charge is 0.435 e. The number of carbonyl (C=O) groups is 1. The number of halogens is 2. The van der Waals surface area contributed by atoms with E-state index in [4.69, 9.17) is 0 Å². The van der Waals surface area contributed by atoms with Gasteiger partial charge in [-0.1, -0.05) is 0 Å². The minimum Gasteiger partial charge on any atom is -0.435 e. The molecule has 0 bridgehead atoms. The highest BCUT2D eigenvalue weighted by Crippen LogP contribution is 2.36. The number of amides is 1. The van der Waals surface area contributed by atoms with Gasteiger partial charge in [-0.3, -0.25) is 4.79 Å². The Kier molecular flexibility index (Phi) is 4.49. The topological polar surface area (TPSA) is 81.9 Å². The third-order valence-electron chi connectivity index (χ3n) is 4.13. The Morgan fingerprint density at radius 3 is 2.44 bits per heavy atom. The van der Waals surface area contributed by atoms with E-state index in [9.17, 15) is 13.6 Å². The maximum absolute atomic E-state index is 12.3. The maximum Gasteiger partial charge on any atom is 0.387 e. The lowest BCUT2D eigenvalue weighted by Gasteiger charge is -2.08. The molecule has 1 fully saturated rings. The lowest BCUT2D eigenvalue weighted by Crippen LogP contribution is -2.12. The SMILES string of the molecule is O=C(Nc1ccc(-c2nnnn2C2CC2)cc1)c1ccc(OC(F)F)cc1. The van der Waals surface area contributed by atoms with E-state index in [0.29, 0.717) is 23.1 Å². The van der Waals surface area contributed by atoms with Crippen LogP contribution in [0.25, 0.3) is 11.4 Å². The summed E-state index contributed by atoms with van der Waals surface area (Å²) in [6.07, 6.45) is 2.15. The van der Waals surface area contributed by atoms with E-state index in [1.165, 1.54) is 24.3 Å². The number of hydrogen-bond acceptors (Lipinski definition) is 5. The molecule has 7 nitrogen and oxygen atoms in total. The van der Waals surface area contributed by atoms with Crippen LogP contribution in [0.2, 0.25) is 0 Å². The smallest absolute Gasteiger partial charge is 0.387 e. The summed E-state index contributed by atoms with van der Waals surface area (Å²) in [5.41, 5.74) is 1.79. The quantitative estimate of drug-likeness (QED) is 0.717. The fourth-order valence-electron chi connectivity index (χ4n) is 2.64.